The molecule has 2 aromatic heterocycles. The smallest absolute Gasteiger partial charge is 0.279 e. The first-order valence-corrected chi connectivity index (χ1v) is 11.3. The average molecular weight is 425 g/mol. The number of fused-ring (bicyclic) bond motifs is 2. The second-order valence-electron chi connectivity index (χ2n) is 6.36. The highest BCUT2D eigenvalue weighted by molar-refractivity contribution is 7.90. The van der Waals surface area contributed by atoms with Crippen molar-refractivity contribution in [1.29, 1.82) is 0 Å². The van der Waals surface area contributed by atoms with E-state index in [1.54, 1.807) is 54.9 Å². The molecule has 0 fully saturated rings. The Balaban J connectivity index is 1.85. The number of nitrogens with zero attached hydrogens (tertiary/aromatic N) is 4. The zero-order valence-corrected chi connectivity index (χ0v) is 17.1. The summed E-state index contributed by atoms with van der Waals surface area (Å²) in [5, 5.41) is 0. The fourth-order valence-corrected chi connectivity index (χ4v) is 4.72. The summed E-state index contributed by atoms with van der Waals surface area (Å²) in [6.07, 6.45) is 6.02. The number of rotatable bonds is 4. The topological polar surface area (TPSA) is 94.3 Å². The van der Waals surface area contributed by atoms with Gasteiger partial charge in [0.25, 0.3) is 5.91 Å². The Kier molecular flexibility index (Phi) is 4.85. The lowest BCUT2D eigenvalue weighted by atomic mass is 10.2. The van der Waals surface area contributed by atoms with Crippen molar-refractivity contribution in [3.05, 3.63) is 71.8 Å². The van der Waals surface area contributed by atoms with Crippen LogP contribution in [-0.2, 0) is 16.4 Å². The molecule has 0 saturated heterocycles. The predicted molar refractivity (Wildman–Crippen MR) is 113 cm³/mol. The van der Waals surface area contributed by atoms with Crippen LogP contribution in [0.1, 0.15) is 10.4 Å². The SMILES string of the molecule is C=CCn1c(=NC(=O)c2ccc3nccnc3c2)sc2cc(S(C)(=O)=O)ccc21. The first-order valence-electron chi connectivity index (χ1n) is 8.61. The Labute approximate surface area is 170 Å². The van der Waals surface area contributed by atoms with Crippen LogP contribution in [0.3, 0.4) is 0 Å². The molecule has 29 heavy (non-hydrogen) atoms. The molecule has 4 aromatic rings. The van der Waals surface area contributed by atoms with Crippen molar-refractivity contribution in [3.8, 4) is 0 Å². The van der Waals surface area contributed by atoms with Gasteiger partial charge in [-0.2, -0.15) is 4.99 Å². The number of aromatic nitrogens is 3. The molecule has 0 spiro atoms. The molecule has 0 aliphatic heterocycles. The van der Waals surface area contributed by atoms with E-state index in [9.17, 15) is 13.2 Å². The Bertz CT molecular complexity index is 1450. The fourth-order valence-electron chi connectivity index (χ4n) is 2.92. The minimum absolute atomic E-state index is 0.225. The lowest BCUT2D eigenvalue weighted by Crippen LogP contribution is -2.16. The van der Waals surface area contributed by atoms with Gasteiger partial charge in [0, 0.05) is 30.8 Å². The Morgan fingerprint density at radius 2 is 1.93 bits per heavy atom. The summed E-state index contributed by atoms with van der Waals surface area (Å²) >= 11 is 1.26. The molecule has 0 bridgehead atoms. The molecule has 0 N–H and O–H groups in total. The summed E-state index contributed by atoms with van der Waals surface area (Å²) in [6.45, 7) is 4.20. The zero-order valence-electron chi connectivity index (χ0n) is 15.4. The molecular weight excluding hydrogens is 408 g/mol. The summed E-state index contributed by atoms with van der Waals surface area (Å²) in [5.41, 5.74) is 2.50. The number of benzene rings is 2. The van der Waals surface area contributed by atoms with E-state index in [1.807, 2.05) is 4.57 Å². The molecule has 7 nitrogen and oxygen atoms in total. The average Bonchev–Trinajstić information content (AvgIpc) is 3.03. The van der Waals surface area contributed by atoms with Crippen molar-refractivity contribution < 1.29 is 13.2 Å². The third-order valence-corrected chi connectivity index (χ3v) is 6.46. The fraction of sp³-hybridized carbons (Fsp3) is 0.100. The quantitative estimate of drug-likeness (QED) is 0.470. The van der Waals surface area contributed by atoms with Crippen molar-refractivity contribution in [2.24, 2.45) is 4.99 Å². The molecule has 2 heterocycles. The third-order valence-electron chi connectivity index (χ3n) is 4.31. The minimum atomic E-state index is -3.33. The van der Waals surface area contributed by atoms with Crippen molar-refractivity contribution >= 4 is 48.3 Å². The van der Waals surface area contributed by atoms with Gasteiger partial charge in [-0.1, -0.05) is 17.4 Å². The van der Waals surface area contributed by atoms with Crippen LogP contribution in [0.2, 0.25) is 0 Å². The van der Waals surface area contributed by atoms with E-state index < -0.39 is 15.7 Å². The van der Waals surface area contributed by atoms with Gasteiger partial charge in [-0.05, 0) is 36.4 Å². The first kappa shape index (κ1) is 19.2. The normalized spacial score (nSPS) is 12.5. The molecule has 0 saturated carbocycles. The Morgan fingerprint density at radius 3 is 2.66 bits per heavy atom. The van der Waals surface area contributed by atoms with Crippen LogP contribution in [0.15, 0.2) is 71.3 Å². The van der Waals surface area contributed by atoms with Crippen LogP contribution < -0.4 is 4.80 Å². The molecule has 0 radical (unpaired) electrons. The number of carbonyl (C=O) groups excluding carboxylic acids is 1. The lowest BCUT2D eigenvalue weighted by Gasteiger charge is -2.02. The Hall–Kier alpha value is -3.17. The number of hydrogen-bond acceptors (Lipinski definition) is 6. The molecule has 146 valence electrons. The standard InChI is InChI=1S/C20H16N4O3S2/c1-3-10-24-17-7-5-14(29(2,26)27)12-18(17)28-20(24)23-19(25)13-4-6-15-16(11-13)22-9-8-21-15/h3-9,11-12H,1,10H2,2H3. The maximum absolute atomic E-state index is 12.8. The van der Waals surface area contributed by atoms with Gasteiger partial charge in [0.2, 0.25) is 0 Å². The van der Waals surface area contributed by atoms with Crippen LogP contribution in [0.5, 0.6) is 0 Å². The maximum Gasteiger partial charge on any atom is 0.279 e. The minimum Gasteiger partial charge on any atom is -0.312 e. The molecule has 2 aromatic carbocycles. The monoisotopic (exact) mass is 424 g/mol. The van der Waals surface area contributed by atoms with E-state index in [4.69, 9.17) is 0 Å². The zero-order chi connectivity index (χ0) is 20.6. The van der Waals surface area contributed by atoms with E-state index in [1.165, 1.54) is 11.3 Å². The largest absolute Gasteiger partial charge is 0.312 e. The van der Waals surface area contributed by atoms with E-state index in [2.05, 4.69) is 21.5 Å². The van der Waals surface area contributed by atoms with Gasteiger partial charge in [-0.3, -0.25) is 14.8 Å². The van der Waals surface area contributed by atoms with Gasteiger partial charge in [0.05, 0.1) is 26.1 Å². The van der Waals surface area contributed by atoms with Gasteiger partial charge >= 0.3 is 0 Å². The summed E-state index contributed by atoms with van der Waals surface area (Å²) in [5.74, 6) is -0.412. The number of amides is 1. The van der Waals surface area contributed by atoms with E-state index in [0.29, 0.717) is 27.9 Å². The lowest BCUT2D eigenvalue weighted by molar-refractivity contribution is 0.0998. The molecule has 9 heteroatoms. The summed E-state index contributed by atoms with van der Waals surface area (Å²) in [4.78, 5) is 26.2. The molecule has 4 rings (SSSR count). The summed E-state index contributed by atoms with van der Waals surface area (Å²) in [6, 6.07) is 9.92. The number of allylic oxidation sites excluding steroid dienone is 1. The van der Waals surface area contributed by atoms with Crippen LogP contribution in [0, 0.1) is 0 Å². The highest BCUT2D eigenvalue weighted by Gasteiger charge is 2.13. The third kappa shape index (κ3) is 3.74. The van der Waals surface area contributed by atoms with Gasteiger partial charge in [0.15, 0.2) is 14.6 Å². The molecule has 0 aliphatic rings. The first-order chi connectivity index (χ1) is 13.9. The Morgan fingerprint density at radius 1 is 1.17 bits per heavy atom. The molecule has 0 atom stereocenters. The summed E-state index contributed by atoms with van der Waals surface area (Å²) < 4.78 is 26.3. The molecule has 0 unspecified atom stereocenters. The van der Waals surface area contributed by atoms with Gasteiger partial charge in [-0.25, -0.2) is 8.42 Å². The van der Waals surface area contributed by atoms with Gasteiger partial charge < -0.3 is 4.57 Å². The number of sulfone groups is 1. The predicted octanol–water partition coefficient (Wildman–Crippen LogP) is 2.98. The van der Waals surface area contributed by atoms with Crippen molar-refractivity contribution in [1.82, 2.24) is 14.5 Å². The second-order valence-corrected chi connectivity index (χ2v) is 9.39. The second kappa shape index (κ2) is 7.34. The van der Waals surface area contributed by atoms with E-state index in [0.717, 1.165) is 16.5 Å². The molecule has 1 amide bonds. The van der Waals surface area contributed by atoms with Gasteiger partial charge in [-0.15, -0.1) is 6.58 Å². The van der Waals surface area contributed by atoms with Gasteiger partial charge in [0.1, 0.15) is 0 Å². The van der Waals surface area contributed by atoms with Crippen molar-refractivity contribution in [2.45, 2.75) is 11.4 Å². The highest BCUT2D eigenvalue weighted by atomic mass is 32.2. The molecule has 0 aliphatic carbocycles. The maximum atomic E-state index is 12.8. The van der Waals surface area contributed by atoms with E-state index in [-0.39, 0.29) is 4.90 Å². The number of thiazole rings is 1. The van der Waals surface area contributed by atoms with Crippen LogP contribution in [-0.4, -0.2) is 35.1 Å². The van der Waals surface area contributed by atoms with Crippen LogP contribution in [0.25, 0.3) is 21.3 Å². The van der Waals surface area contributed by atoms with E-state index >= 15 is 0 Å². The number of carbonyl (C=O) groups is 1. The molecular formula is C20H16N4O3S2. The highest BCUT2D eigenvalue weighted by Crippen LogP contribution is 2.22. The van der Waals surface area contributed by atoms with Crippen LogP contribution >= 0.6 is 11.3 Å². The summed E-state index contributed by atoms with van der Waals surface area (Å²) in [7, 11) is -3.33. The van der Waals surface area contributed by atoms with Crippen molar-refractivity contribution in [2.75, 3.05) is 6.26 Å². The van der Waals surface area contributed by atoms with Crippen LogP contribution in [0.4, 0.5) is 0 Å². The number of hydrogen-bond donors (Lipinski definition) is 0. The van der Waals surface area contributed by atoms with Crippen molar-refractivity contribution in [3.63, 3.8) is 0 Å².